The molecule has 0 atom stereocenters. The maximum atomic E-state index is 11.4. The monoisotopic (exact) mass is 310 g/mol. The van der Waals surface area contributed by atoms with Crippen LogP contribution in [-0.4, -0.2) is 16.2 Å². The van der Waals surface area contributed by atoms with Crippen molar-refractivity contribution in [2.75, 3.05) is 4.90 Å². The van der Waals surface area contributed by atoms with Gasteiger partial charge in [0.1, 0.15) is 0 Å². The van der Waals surface area contributed by atoms with Crippen molar-refractivity contribution < 1.29 is 9.90 Å². The van der Waals surface area contributed by atoms with Crippen molar-refractivity contribution in [1.82, 2.24) is 4.98 Å². The van der Waals surface area contributed by atoms with Gasteiger partial charge in [0, 0.05) is 22.2 Å². The maximum absolute atomic E-state index is 11.4. The Morgan fingerprint density at radius 2 is 1.36 bits per heavy atom. The lowest BCUT2D eigenvalue weighted by atomic mass is 10.2. The summed E-state index contributed by atoms with van der Waals surface area (Å²) >= 11 is 1.60. The summed E-state index contributed by atoms with van der Waals surface area (Å²) in [5, 5.41) is 9.35. The van der Waals surface area contributed by atoms with E-state index >= 15 is 0 Å². The number of nitrogens with zero attached hydrogens (tertiary/aromatic N) is 1. The van der Waals surface area contributed by atoms with Gasteiger partial charge in [-0.2, -0.15) is 0 Å². The largest absolute Gasteiger partial charge is 0.464 e. The summed E-state index contributed by atoms with van der Waals surface area (Å²) in [6, 6.07) is 18.9. The topological polar surface area (TPSA) is 56.3 Å². The van der Waals surface area contributed by atoms with Gasteiger partial charge in [-0.1, -0.05) is 36.0 Å². The Bertz CT molecular complexity index is 709. The van der Waals surface area contributed by atoms with Crippen molar-refractivity contribution in [2.45, 2.75) is 9.79 Å². The molecule has 2 heterocycles. The Balaban J connectivity index is 0.000000246. The van der Waals surface area contributed by atoms with Gasteiger partial charge in [0.2, 0.25) is 0 Å². The second kappa shape index (κ2) is 6.41. The number of benzene rings is 2. The van der Waals surface area contributed by atoms with Crippen LogP contribution in [0.25, 0.3) is 0 Å². The summed E-state index contributed by atoms with van der Waals surface area (Å²) in [4.78, 5) is 17.5. The number of hydrogen-bond donors (Lipinski definition) is 2. The molecule has 2 N–H and O–H groups in total. The summed E-state index contributed by atoms with van der Waals surface area (Å²) in [6.07, 6.45) is 2.80. The highest BCUT2D eigenvalue weighted by Crippen LogP contribution is 2.47. The van der Waals surface area contributed by atoms with E-state index in [-0.39, 0.29) is 0 Å². The minimum absolute atomic E-state index is 0.726. The van der Waals surface area contributed by atoms with Gasteiger partial charge in [-0.3, -0.25) is 0 Å². The molecule has 0 fully saturated rings. The van der Waals surface area contributed by atoms with Crippen LogP contribution in [0.15, 0.2) is 82.8 Å². The van der Waals surface area contributed by atoms with Crippen LogP contribution in [-0.2, 0) is 0 Å². The number of carboxylic acid groups (broad SMARTS) is 1. The fraction of sp³-hybridized carbons (Fsp3) is 0. The summed E-state index contributed by atoms with van der Waals surface area (Å²) in [7, 11) is 0. The summed E-state index contributed by atoms with van der Waals surface area (Å²) in [5.41, 5.74) is 1.45. The lowest BCUT2D eigenvalue weighted by Gasteiger charge is -2.28. The molecule has 2 aromatic carbocycles. The number of aromatic amines is 1. The zero-order chi connectivity index (χ0) is 15.4. The van der Waals surface area contributed by atoms with Crippen LogP contribution < -0.4 is 4.90 Å². The highest BCUT2D eigenvalue weighted by atomic mass is 32.2. The molecule has 1 amide bonds. The highest BCUT2D eigenvalue weighted by molar-refractivity contribution is 7.99. The van der Waals surface area contributed by atoms with Crippen LogP contribution in [0.2, 0.25) is 0 Å². The molecule has 1 aromatic heterocycles. The zero-order valence-corrected chi connectivity index (χ0v) is 12.5. The quantitative estimate of drug-likeness (QED) is 0.615. The van der Waals surface area contributed by atoms with Gasteiger partial charge < -0.3 is 10.1 Å². The van der Waals surface area contributed by atoms with Gasteiger partial charge in [0.25, 0.3) is 0 Å². The first-order chi connectivity index (χ1) is 10.8. The van der Waals surface area contributed by atoms with E-state index in [1.165, 1.54) is 4.90 Å². The van der Waals surface area contributed by atoms with Gasteiger partial charge in [0.05, 0.1) is 11.4 Å². The minimum atomic E-state index is -0.954. The lowest BCUT2D eigenvalue weighted by Crippen LogP contribution is -2.26. The molecule has 0 saturated carbocycles. The number of amides is 1. The van der Waals surface area contributed by atoms with E-state index in [0.29, 0.717) is 0 Å². The van der Waals surface area contributed by atoms with E-state index in [4.69, 9.17) is 0 Å². The SMILES string of the molecule is O=C(O)N1c2ccccc2Sc2ccccc21.c1cc[nH]c1. The number of rotatable bonds is 0. The predicted molar refractivity (Wildman–Crippen MR) is 88.0 cm³/mol. The number of hydrogen-bond acceptors (Lipinski definition) is 2. The molecule has 0 spiro atoms. The average Bonchev–Trinajstić information content (AvgIpc) is 3.12. The molecular weight excluding hydrogens is 296 g/mol. The molecule has 110 valence electrons. The van der Waals surface area contributed by atoms with E-state index in [1.54, 1.807) is 11.8 Å². The van der Waals surface area contributed by atoms with E-state index < -0.39 is 6.09 Å². The number of nitrogens with one attached hydrogen (secondary N) is 1. The predicted octanol–water partition coefficient (Wildman–Crippen LogP) is 4.98. The number of para-hydroxylation sites is 2. The fourth-order valence-electron chi connectivity index (χ4n) is 2.19. The summed E-state index contributed by atoms with van der Waals surface area (Å²) in [5.74, 6) is 0. The van der Waals surface area contributed by atoms with Crippen LogP contribution in [0.5, 0.6) is 0 Å². The van der Waals surface area contributed by atoms with Gasteiger partial charge in [-0.15, -0.1) is 0 Å². The number of H-pyrrole nitrogens is 1. The number of anilines is 2. The molecule has 1 aliphatic rings. The minimum Gasteiger partial charge on any atom is -0.464 e. The zero-order valence-electron chi connectivity index (χ0n) is 11.6. The van der Waals surface area contributed by atoms with Crippen LogP contribution >= 0.6 is 11.8 Å². The van der Waals surface area contributed by atoms with Crippen molar-refractivity contribution in [1.29, 1.82) is 0 Å². The molecule has 5 heteroatoms. The molecule has 0 saturated heterocycles. The van der Waals surface area contributed by atoms with Crippen molar-refractivity contribution in [2.24, 2.45) is 0 Å². The Hall–Kier alpha value is -2.66. The molecule has 4 rings (SSSR count). The van der Waals surface area contributed by atoms with Gasteiger partial charge in [0.15, 0.2) is 0 Å². The van der Waals surface area contributed by atoms with E-state index in [1.807, 2.05) is 73.1 Å². The molecule has 0 bridgehead atoms. The molecule has 0 radical (unpaired) electrons. The van der Waals surface area contributed by atoms with E-state index in [9.17, 15) is 9.90 Å². The first kappa shape index (κ1) is 14.3. The molecule has 3 aromatic rings. The fourth-order valence-corrected chi connectivity index (χ4v) is 3.25. The standard InChI is InChI=1S/C13H9NO2S.C4H5N/c15-13(16)14-9-5-1-3-7-11(9)17-12-8-4-2-6-10(12)14;1-2-4-5-3-1/h1-8H,(H,15,16);1-5H. The van der Waals surface area contributed by atoms with Gasteiger partial charge in [-0.25, -0.2) is 9.69 Å². The normalized spacial score (nSPS) is 11.7. The third-order valence-electron chi connectivity index (χ3n) is 3.12. The summed E-state index contributed by atoms with van der Waals surface area (Å²) in [6.45, 7) is 0. The Morgan fingerprint density at radius 3 is 1.77 bits per heavy atom. The third kappa shape index (κ3) is 2.84. The molecule has 0 unspecified atom stereocenters. The van der Waals surface area contributed by atoms with Gasteiger partial charge in [-0.05, 0) is 36.4 Å². The van der Waals surface area contributed by atoms with Crippen LogP contribution in [0.4, 0.5) is 16.2 Å². The average molecular weight is 310 g/mol. The smallest absolute Gasteiger partial charge is 0.416 e. The van der Waals surface area contributed by atoms with Crippen molar-refractivity contribution in [3.8, 4) is 0 Å². The first-order valence-corrected chi connectivity index (χ1v) is 7.56. The number of aromatic nitrogens is 1. The van der Waals surface area contributed by atoms with Crippen LogP contribution in [0.3, 0.4) is 0 Å². The molecule has 1 aliphatic heterocycles. The van der Waals surface area contributed by atoms with Crippen LogP contribution in [0, 0.1) is 0 Å². The number of carbonyl (C=O) groups is 1. The lowest BCUT2D eigenvalue weighted by molar-refractivity contribution is 0.204. The van der Waals surface area contributed by atoms with Crippen molar-refractivity contribution >= 4 is 29.2 Å². The second-order valence-corrected chi connectivity index (χ2v) is 5.62. The Labute approximate surface area is 132 Å². The molecule has 22 heavy (non-hydrogen) atoms. The van der Waals surface area contributed by atoms with Gasteiger partial charge >= 0.3 is 6.09 Å². The van der Waals surface area contributed by atoms with Crippen molar-refractivity contribution in [3.05, 3.63) is 73.1 Å². The maximum Gasteiger partial charge on any atom is 0.416 e. The Kier molecular flexibility index (Phi) is 4.16. The third-order valence-corrected chi connectivity index (χ3v) is 4.25. The van der Waals surface area contributed by atoms with Crippen LogP contribution in [0.1, 0.15) is 0 Å². The van der Waals surface area contributed by atoms with E-state index in [0.717, 1.165) is 21.2 Å². The summed E-state index contributed by atoms with van der Waals surface area (Å²) < 4.78 is 0. The molecular formula is C17H14N2O2S. The molecule has 4 nitrogen and oxygen atoms in total. The number of fused-ring (bicyclic) bond motifs is 2. The van der Waals surface area contributed by atoms with Crippen molar-refractivity contribution in [3.63, 3.8) is 0 Å². The van der Waals surface area contributed by atoms with E-state index in [2.05, 4.69) is 4.98 Å². The Morgan fingerprint density at radius 1 is 0.864 bits per heavy atom. The highest BCUT2D eigenvalue weighted by Gasteiger charge is 2.27. The second-order valence-electron chi connectivity index (χ2n) is 4.54. The first-order valence-electron chi connectivity index (χ1n) is 6.74. The molecule has 0 aliphatic carbocycles.